The molecular formula is C24H25ClN4O2. The maximum Gasteiger partial charge on any atom is 0.248 e. The van der Waals surface area contributed by atoms with Crippen LogP contribution in [0, 0.1) is 13.8 Å². The van der Waals surface area contributed by atoms with Gasteiger partial charge >= 0.3 is 0 Å². The van der Waals surface area contributed by atoms with Crippen LogP contribution in [0.1, 0.15) is 17.0 Å². The zero-order valence-electron chi connectivity index (χ0n) is 17.6. The fourth-order valence-corrected chi connectivity index (χ4v) is 4.07. The van der Waals surface area contributed by atoms with Gasteiger partial charge in [0.15, 0.2) is 0 Å². The number of carbonyl (C=O) groups is 1. The Morgan fingerprint density at radius 3 is 2.58 bits per heavy atom. The molecular weight excluding hydrogens is 412 g/mol. The van der Waals surface area contributed by atoms with E-state index < -0.39 is 0 Å². The average molecular weight is 437 g/mol. The fourth-order valence-electron chi connectivity index (χ4n) is 3.77. The molecule has 7 heteroatoms. The third kappa shape index (κ3) is 4.65. The number of nitrogens with zero attached hydrogens (tertiary/aromatic N) is 3. The summed E-state index contributed by atoms with van der Waals surface area (Å²) in [7, 11) is 0. The predicted octanol–water partition coefficient (Wildman–Crippen LogP) is 4.63. The van der Waals surface area contributed by atoms with Crippen molar-refractivity contribution in [3.63, 3.8) is 0 Å². The molecule has 0 bridgehead atoms. The van der Waals surface area contributed by atoms with Gasteiger partial charge in [-0.2, -0.15) is 5.10 Å². The smallest absolute Gasteiger partial charge is 0.248 e. The van der Waals surface area contributed by atoms with E-state index in [-0.39, 0.29) is 5.91 Å². The first-order chi connectivity index (χ1) is 15.0. The predicted molar refractivity (Wildman–Crippen MR) is 125 cm³/mol. The number of morpholine rings is 1. The number of nitrogens with one attached hydrogen (secondary N) is 1. The van der Waals surface area contributed by atoms with E-state index in [0.29, 0.717) is 23.9 Å². The molecule has 6 nitrogen and oxygen atoms in total. The van der Waals surface area contributed by atoms with E-state index in [1.165, 1.54) is 6.08 Å². The van der Waals surface area contributed by atoms with E-state index in [1.807, 2.05) is 73.1 Å². The Bertz CT molecular complexity index is 1100. The Morgan fingerprint density at radius 2 is 1.84 bits per heavy atom. The van der Waals surface area contributed by atoms with Gasteiger partial charge in [-0.3, -0.25) is 4.79 Å². The number of aromatic nitrogens is 2. The van der Waals surface area contributed by atoms with E-state index in [1.54, 1.807) is 0 Å². The van der Waals surface area contributed by atoms with Gasteiger partial charge in [0.2, 0.25) is 5.91 Å². The van der Waals surface area contributed by atoms with Crippen molar-refractivity contribution in [3.05, 3.63) is 76.6 Å². The molecule has 2 heterocycles. The van der Waals surface area contributed by atoms with Gasteiger partial charge in [0, 0.05) is 30.4 Å². The lowest BCUT2D eigenvalue weighted by atomic mass is 10.1. The monoisotopic (exact) mass is 436 g/mol. The molecule has 1 fully saturated rings. The Kier molecular flexibility index (Phi) is 6.39. The number of benzene rings is 2. The normalized spacial score (nSPS) is 14.2. The summed E-state index contributed by atoms with van der Waals surface area (Å²) in [6.45, 7) is 6.69. The number of hydrogen-bond donors (Lipinski definition) is 1. The minimum atomic E-state index is -0.219. The molecule has 160 valence electrons. The van der Waals surface area contributed by atoms with E-state index in [9.17, 15) is 4.79 Å². The maximum atomic E-state index is 12.7. The molecule has 1 aliphatic rings. The second-order valence-corrected chi connectivity index (χ2v) is 7.80. The Hall–Kier alpha value is -3.09. The maximum absolute atomic E-state index is 12.7. The molecule has 0 spiro atoms. The number of aryl methyl sites for hydroxylation is 1. The van der Waals surface area contributed by atoms with Crippen LogP contribution < -0.4 is 10.2 Å². The van der Waals surface area contributed by atoms with Crippen molar-refractivity contribution in [2.75, 3.05) is 36.5 Å². The summed E-state index contributed by atoms with van der Waals surface area (Å²) in [5.41, 5.74) is 5.28. The number of para-hydroxylation sites is 2. The SMILES string of the molecule is Cc1nn(-c2ccccc2)c(C)c1/C=C/C(=O)Nc1cccc(Cl)c1N1CCOCC1. The number of amides is 1. The van der Waals surface area contributed by atoms with Crippen molar-refractivity contribution in [1.82, 2.24) is 9.78 Å². The molecule has 1 N–H and O–H groups in total. The van der Waals surface area contributed by atoms with Crippen molar-refractivity contribution >= 4 is 35.0 Å². The quantitative estimate of drug-likeness (QED) is 0.592. The van der Waals surface area contributed by atoms with Crippen LogP contribution in [0.25, 0.3) is 11.8 Å². The number of carbonyl (C=O) groups excluding carboxylic acids is 1. The summed E-state index contributed by atoms with van der Waals surface area (Å²) in [5, 5.41) is 8.21. The molecule has 3 aromatic rings. The van der Waals surface area contributed by atoms with Gasteiger partial charge in [-0.05, 0) is 44.2 Å². The second kappa shape index (κ2) is 9.37. The molecule has 0 saturated carbocycles. The number of hydrogen-bond acceptors (Lipinski definition) is 4. The van der Waals surface area contributed by atoms with Gasteiger partial charge in [-0.1, -0.05) is 35.9 Å². The molecule has 1 amide bonds. The summed E-state index contributed by atoms with van der Waals surface area (Å²) >= 11 is 6.46. The van der Waals surface area contributed by atoms with Gasteiger partial charge in [-0.25, -0.2) is 4.68 Å². The average Bonchev–Trinajstić information content (AvgIpc) is 3.07. The highest BCUT2D eigenvalue weighted by atomic mass is 35.5. The lowest BCUT2D eigenvalue weighted by Crippen LogP contribution is -2.37. The molecule has 0 radical (unpaired) electrons. The summed E-state index contributed by atoms with van der Waals surface area (Å²) < 4.78 is 7.32. The van der Waals surface area contributed by atoms with Gasteiger partial charge in [0.1, 0.15) is 0 Å². The third-order valence-corrected chi connectivity index (χ3v) is 5.63. The molecule has 0 aliphatic carbocycles. The minimum absolute atomic E-state index is 0.219. The lowest BCUT2D eigenvalue weighted by molar-refractivity contribution is -0.111. The zero-order chi connectivity index (χ0) is 21.8. The molecule has 0 unspecified atom stereocenters. The number of rotatable bonds is 5. The van der Waals surface area contributed by atoms with Gasteiger partial charge < -0.3 is 15.0 Å². The summed E-state index contributed by atoms with van der Waals surface area (Å²) in [6, 6.07) is 15.5. The second-order valence-electron chi connectivity index (χ2n) is 7.39. The van der Waals surface area contributed by atoms with Crippen LogP contribution in [0.15, 0.2) is 54.6 Å². The van der Waals surface area contributed by atoms with Crippen LogP contribution in [-0.4, -0.2) is 42.0 Å². The highest BCUT2D eigenvalue weighted by Crippen LogP contribution is 2.34. The third-order valence-electron chi connectivity index (χ3n) is 5.32. The summed E-state index contributed by atoms with van der Waals surface area (Å²) in [6.07, 6.45) is 3.35. The number of halogens is 1. The van der Waals surface area contributed by atoms with Crippen molar-refractivity contribution < 1.29 is 9.53 Å². The van der Waals surface area contributed by atoms with E-state index in [2.05, 4.69) is 15.3 Å². The van der Waals surface area contributed by atoms with Crippen molar-refractivity contribution in [2.24, 2.45) is 0 Å². The topological polar surface area (TPSA) is 59.4 Å². The lowest BCUT2D eigenvalue weighted by Gasteiger charge is -2.31. The van der Waals surface area contributed by atoms with Crippen molar-refractivity contribution in [2.45, 2.75) is 13.8 Å². The Labute approximate surface area is 187 Å². The molecule has 1 aromatic heterocycles. The first-order valence-corrected chi connectivity index (χ1v) is 10.6. The molecule has 0 atom stereocenters. The summed E-state index contributed by atoms with van der Waals surface area (Å²) in [4.78, 5) is 14.9. The van der Waals surface area contributed by atoms with Crippen LogP contribution in [0.2, 0.25) is 5.02 Å². The molecule has 4 rings (SSSR count). The zero-order valence-corrected chi connectivity index (χ0v) is 18.4. The molecule has 1 aliphatic heterocycles. The van der Waals surface area contributed by atoms with Crippen molar-refractivity contribution in [3.8, 4) is 5.69 Å². The van der Waals surface area contributed by atoms with Gasteiger partial charge in [-0.15, -0.1) is 0 Å². The van der Waals surface area contributed by atoms with E-state index in [4.69, 9.17) is 16.3 Å². The highest BCUT2D eigenvalue weighted by molar-refractivity contribution is 6.34. The highest BCUT2D eigenvalue weighted by Gasteiger charge is 2.19. The standard InChI is InChI=1S/C24H25ClN4O2/c1-17-20(18(2)29(27-17)19-7-4-3-5-8-19)11-12-23(30)26-22-10-6-9-21(25)24(22)28-13-15-31-16-14-28/h3-12H,13-16H2,1-2H3,(H,26,30)/b12-11+. The number of anilines is 2. The molecule has 2 aromatic carbocycles. The minimum Gasteiger partial charge on any atom is -0.378 e. The number of ether oxygens (including phenoxy) is 1. The Balaban J connectivity index is 1.54. The van der Waals surface area contributed by atoms with Gasteiger partial charge in [0.05, 0.1) is 41.0 Å². The van der Waals surface area contributed by atoms with Crippen LogP contribution in [0.4, 0.5) is 11.4 Å². The summed E-state index contributed by atoms with van der Waals surface area (Å²) in [5.74, 6) is -0.219. The van der Waals surface area contributed by atoms with Crippen LogP contribution >= 0.6 is 11.6 Å². The fraction of sp³-hybridized carbons (Fsp3) is 0.250. The molecule has 1 saturated heterocycles. The van der Waals surface area contributed by atoms with Crippen LogP contribution in [-0.2, 0) is 9.53 Å². The van der Waals surface area contributed by atoms with E-state index >= 15 is 0 Å². The largest absolute Gasteiger partial charge is 0.378 e. The van der Waals surface area contributed by atoms with E-state index in [0.717, 1.165) is 41.4 Å². The van der Waals surface area contributed by atoms with Gasteiger partial charge in [0.25, 0.3) is 0 Å². The molecule has 31 heavy (non-hydrogen) atoms. The Morgan fingerprint density at radius 1 is 1.10 bits per heavy atom. The van der Waals surface area contributed by atoms with Crippen LogP contribution in [0.3, 0.4) is 0 Å². The first-order valence-electron chi connectivity index (χ1n) is 10.3. The first kappa shape index (κ1) is 21.2. The van der Waals surface area contributed by atoms with Crippen LogP contribution in [0.5, 0.6) is 0 Å². The van der Waals surface area contributed by atoms with Crippen molar-refractivity contribution in [1.29, 1.82) is 0 Å².